The number of nitrogens with one attached hydrogen (secondary N) is 2. The van der Waals surface area contributed by atoms with E-state index in [9.17, 15) is 4.79 Å². The van der Waals surface area contributed by atoms with E-state index in [1.807, 2.05) is 11.0 Å². The van der Waals surface area contributed by atoms with Gasteiger partial charge in [0.1, 0.15) is 0 Å². The quantitative estimate of drug-likeness (QED) is 0.221. The van der Waals surface area contributed by atoms with Crippen LogP contribution >= 0.6 is 24.0 Å². The fourth-order valence-electron chi connectivity index (χ4n) is 4.52. The van der Waals surface area contributed by atoms with E-state index in [4.69, 9.17) is 19.2 Å². The zero-order chi connectivity index (χ0) is 21.5. The Morgan fingerprint density at radius 3 is 2.75 bits per heavy atom. The van der Waals surface area contributed by atoms with Crippen LogP contribution in [0.2, 0.25) is 0 Å². The number of fused-ring (bicyclic) bond motifs is 1. The number of hydrogen-bond donors (Lipinski definition) is 2. The number of nitrogens with zero attached hydrogens (tertiary/aromatic N) is 2. The maximum Gasteiger partial charge on any atom is 0.231 e. The molecular formula is C23H35IN4O4. The summed E-state index contributed by atoms with van der Waals surface area (Å²) in [7, 11) is 0. The first-order valence-electron chi connectivity index (χ1n) is 11.5. The van der Waals surface area contributed by atoms with Gasteiger partial charge >= 0.3 is 0 Å². The van der Waals surface area contributed by atoms with Crippen LogP contribution in [0.1, 0.15) is 44.6 Å². The first kappa shape index (κ1) is 24.9. The highest BCUT2D eigenvalue weighted by molar-refractivity contribution is 14.0. The first-order valence-corrected chi connectivity index (χ1v) is 11.5. The van der Waals surface area contributed by atoms with Crippen LogP contribution < -0.4 is 20.1 Å². The maximum atomic E-state index is 11.8. The van der Waals surface area contributed by atoms with E-state index in [0.29, 0.717) is 13.0 Å². The third kappa shape index (κ3) is 5.98. The minimum absolute atomic E-state index is 0. The molecule has 9 heteroatoms. The molecule has 2 fully saturated rings. The van der Waals surface area contributed by atoms with Crippen molar-refractivity contribution in [3.05, 3.63) is 23.8 Å². The zero-order valence-electron chi connectivity index (χ0n) is 18.9. The van der Waals surface area contributed by atoms with Crippen molar-refractivity contribution in [1.82, 2.24) is 15.5 Å². The minimum Gasteiger partial charge on any atom is -0.454 e. The number of ether oxygens (including phenoxy) is 3. The van der Waals surface area contributed by atoms with Gasteiger partial charge in [-0.3, -0.25) is 9.79 Å². The van der Waals surface area contributed by atoms with E-state index in [1.54, 1.807) is 0 Å². The Bertz CT molecular complexity index is 798. The highest BCUT2D eigenvalue weighted by Crippen LogP contribution is 2.41. The van der Waals surface area contributed by atoms with E-state index >= 15 is 0 Å². The maximum absolute atomic E-state index is 11.8. The molecule has 3 aliphatic heterocycles. The first-order chi connectivity index (χ1) is 15.2. The van der Waals surface area contributed by atoms with Gasteiger partial charge < -0.3 is 29.7 Å². The standard InChI is InChI=1S/C23H34N4O4.HI/c1-2-24-22(25-10-4-12-27-11-3-5-21(27)28)26-16-23(8-13-29-14-9-23)18-6-7-19-20(15-18)31-17-30-19;/h6-7,15H,2-5,8-14,16-17H2,1H3,(H2,24,25,26);1H. The van der Waals surface area contributed by atoms with Crippen molar-refractivity contribution in [3.8, 4) is 11.5 Å². The molecule has 3 aliphatic rings. The van der Waals surface area contributed by atoms with Gasteiger partial charge in [-0.15, -0.1) is 24.0 Å². The van der Waals surface area contributed by atoms with Gasteiger partial charge in [0.25, 0.3) is 0 Å². The second kappa shape index (κ2) is 11.9. The molecule has 2 saturated heterocycles. The van der Waals surface area contributed by atoms with Gasteiger partial charge in [-0.05, 0) is 50.3 Å². The molecular weight excluding hydrogens is 523 g/mol. The molecule has 178 valence electrons. The number of guanidine groups is 1. The summed E-state index contributed by atoms with van der Waals surface area (Å²) in [5, 5.41) is 6.79. The third-order valence-electron chi connectivity index (χ3n) is 6.39. The monoisotopic (exact) mass is 558 g/mol. The number of hydrogen-bond acceptors (Lipinski definition) is 5. The predicted molar refractivity (Wildman–Crippen MR) is 134 cm³/mol. The van der Waals surface area contributed by atoms with Gasteiger partial charge in [0.05, 0.1) is 6.54 Å². The Kier molecular flexibility index (Phi) is 9.27. The van der Waals surface area contributed by atoms with Crippen LogP contribution in [0, 0.1) is 0 Å². The molecule has 0 bridgehead atoms. The minimum atomic E-state index is -0.0798. The molecule has 0 aromatic heterocycles. The van der Waals surface area contributed by atoms with Crippen LogP contribution in [-0.4, -0.2) is 69.5 Å². The highest BCUT2D eigenvalue weighted by Gasteiger charge is 2.35. The number of rotatable bonds is 8. The van der Waals surface area contributed by atoms with E-state index in [-0.39, 0.29) is 42.1 Å². The van der Waals surface area contributed by atoms with Gasteiger partial charge in [0.15, 0.2) is 17.5 Å². The summed E-state index contributed by atoms with van der Waals surface area (Å²) in [5.74, 6) is 2.72. The lowest BCUT2D eigenvalue weighted by atomic mass is 9.74. The largest absolute Gasteiger partial charge is 0.454 e. The fourth-order valence-corrected chi connectivity index (χ4v) is 4.52. The number of carbonyl (C=O) groups is 1. The van der Waals surface area contributed by atoms with Gasteiger partial charge in [-0.1, -0.05) is 6.07 Å². The Morgan fingerprint density at radius 2 is 2.00 bits per heavy atom. The zero-order valence-corrected chi connectivity index (χ0v) is 21.2. The average Bonchev–Trinajstić information content (AvgIpc) is 3.43. The van der Waals surface area contributed by atoms with Crippen LogP contribution in [0.5, 0.6) is 11.5 Å². The van der Waals surface area contributed by atoms with Crippen molar-refractivity contribution < 1.29 is 19.0 Å². The summed E-state index contributed by atoms with van der Waals surface area (Å²) >= 11 is 0. The Labute approximate surface area is 207 Å². The average molecular weight is 558 g/mol. The molecule has 0 spiro atoms. The molecule has 3 heterocycles. The van der Waals surface area contributed by atoms with Crippen molar-refractivity contribution in [2.75, 3.05) is 52.7 Å². The number of benzene rings is 1. The Balaban J connectivity index is 0.00000289. The van der Waals surface area contributed by atoms with E-state index in [2.05, 4.69) is 29.7 Å². The molecule has 0 unspecified atom stereocenters. The van der Waals surface area contributed by atoms with Crippen LogP contribution in [0.15, 0.2) is 23.2 Å². The number of carbonyl (C=O) groups excluding carboxylic acids is 1. The van der Waals surface area contributed by atoms with Gasteiger partial charge in [-0.25, -0.2) is 0 Å². The van der Waals surface area contributed by atoms with Crippen molar-refractivity contribution >= 4 is 35.8 Å². The SMILES string of the molecule is CCNC(=NCC1(c2ccc3c(c2)OCO3)CCOCC1)NCCCN1CCCC1=O.I. The smallest absolute Gasteiger partial charge is 0.231 e. The number of amides is 1. The summed E-state index contributed by atoms with van der Waals surface area (Å²) in [6.07, 6.45) is 4.45. The summed E-state index contributed by atoms with van der Waals surface area (Å²) in [6, 6.07) is 6.25. The second-order valence-electron chi connectivity index (χ2n) is 8.42. The van der Waals surface area contributed by atoms with Gasteiger partial charge in [0.2, 0.25) is 12.7 Å². The summed E-state index contributed by atoms with van der Waals surface area (Å²) in [6.45, 7) is 7.79. The molecule has 0 atom stereocenters. The van der Waals surface area contributed by atoms with Crippen LogP contribution in [0.3, 0.4) is 0 Å². The molecule has 0 radical (unpaired) electrons. The lowest BCUT2D eigenvalue weighted by Crippen LogP contribution is -2.42. The van der Waals surface area contributed by atoms with E-state index in [0.717, 1.165) is 82.5 Å². The van der Waals surface area contributed by atoms with Crippen molar-refractivity contribution in [2.24, 2.45) is 4.99 Å². The number of halogens is 1. The van der Waals surface area contributed by atoms with Gasteiger partial charge in [-0.2, -0.15) is 0 Å². The molecule has 2 N–H and O–H groups in total. The molecule has 0 saturated carbocycles. The predicted octanol–water partition coefficient (Wildman–Crippen LogP) is 2.65. The summed E-state index contributed by atoms with van der Waals surface area (Å²) in [5.41, 5.74) is 1.15. The van der Waals surface area contributed by atoms with Crippen LogP contribution in [0.25, 0.3) is 0 Å². The summed E-state index contributed by atoms with van der Waals surface area (Å²) in [4.78, 5) is 18.7. The highest BCUT2D eigenvalue weighted by atomic mass is 127. The van der Waals surface area contributed by atoms with Gasteiger partial charge in [0, 0.05) is 51.2 Å². The van der Waals surface area contributed by atoms with Crippen molar-refractivity contribution in [2.45, 2.75) is 44.4 Å². The molecule has 1 aromatic carbocycles. The lowest BCUT2D eigenvalue weighted by Gasteiger charge is -2.36. The molecule has 32 heavy (non-hydrogen) atoms. The number of aliphatic imine (C=N–C) groups is 1. The Hall–Kier alpha value is -1.75. The van der Waals surface area contributed by atoms with Crippen LogP contribution in [-0.2, 0) is 14.9 Å². The van der Waals surface area contributed by atoms with E-state index < -0.39 is 0 Å². The fraction of sp³-hybridized carbons (Fsp3) is 0.652. The normalized spacial score (nSPS) is 19.6. The van der Waals surface area contributed by atoms with Crippen molar-refractivity contribution in [3.63, 3.8) is 0 Å². The van der Waals surface area contributed by atoms with E-state index in [1.165, 1.54) is 5.56 Å². The van der Waals surface area contributed by atoms with Crippen LogP contribution in [0.4, 0.5) is 0 Å². The van der Waals surface area contributed by atoms with Crippen molar-refractivity contribution in [1.29, 1.82) is 0 Å². The molecule has 8 nitrogen and oxygen atoms in total. The second-order valence-corrected chi connectivity index (χ2v) is 8.42. The Morgan fingerprint density at radius 1 is 1.19 bits per heavy atom. The molecule has 0 aliphatic carbocycles. The molecule has 1 amide bonds. The summed E-state index contributed by atoms with van der Waals surface area (Å²) < 4.78 is 16.8. The molecule has 4 rings (SSSR count). The molecule has 1 aromatic rings. The third-order valence-corrected chi connectivity index (χ3v) is 6.39. The number of likely N-dealkylation sites (tertiary alicyclic amines) is 1. The topological polar surface area (TPSA) is 84.4 Å². The lowest BCUT2D eigenvalue weighted by molar-refractivity contribution is -0.127.